The third-order valence-electron chi connectivity index (χ3n) is 2.14. The van der Waals surface area contributed by atoms with Crippen LogP contribution < -0.4 is 0 Å². The fourth-order valence-electron chi connectivity index (χ4n) is 1.48. The molecule has 4 heteroatoms. The SMILES string of the molecule is CCOC(=O)n1ccc2c([18F])cccc21. The van der Waals surface area contributed by atoms with Crippen molar-refractivity contribution in [1.82, 2.24) is 4.57 Å². The van der Waals surface area contributed by atoms with E-state index in [1.54, 1.807) is 25.1 Å². The van der Waals surface area contributed by atoms with Crippen LogP contribution in [0.25, 0.3) is 10.9 Å². The lowest BCUT2D eigenvalue weighted by molar-refractivity contribution is 0.155. The van der Waals surface area contributed by atoms with Crippen LogP contribution in [0.3, 0.4) is 0 Å². The molecule has 78 valence electrons. The molecule has 0 bridgehead atoms. The molecule has 0 saturated carbocycles. The van der Waals surface area contributed by atoms with Crippen LogP contribution in [0.2, 0.25) is 0 Å². The number of carbonyl (C=O) groups is 1. The van der Waals surface area contributed by atoms with Crippen LogP contribution in [0, 0.1) is 5.82 Å². The second kappa shape index (κ2) is 3.73. The van der Waals surface area contributed by atoms with Gasteiger partial charge in [-0.25, -0.2) is 9.18 Å². The Morgan fingerprint density at radius 2 is 2.27 bits per heavy atom. The van der Waals surface area contributed by atoms with Crippen LogP contribution in [0.1, 0.15) is 6.92 Å². The summed E-state index contributed by atoms with van der Waals surface area (Å²) in [4.78, 5) is 11.4. The molecule has 1 aromatic heterocycles. The monoisotopic (exact) mass is 206 g/mol. The number of ether oxygens (including phenoxy) is 1. The molecule has 2 rings (SSSR count). The van der Waals surface area contributed by atoms with Crippen molar-refractivity contribution in [2.24, 2.45) is 0 Å². The quantitative estimate of drug-likeness (QED) is 0.718. The highest BCUT2D eigenvalue weighted by Crippen LogP contribution is 2.18. The summed E-state index contributed by atoms with van der Waals surface area (Å²) in [6.07, 6.45) is 1.02. The highest BCUT2D eigenvalue weighted by atomic mass is 18.2. The summed E-state index contributed by atoms with van der Waals surface area (Å²) in [5, 5.41) is 0.422. The molecule has 0 radical (unpaired) electrons. The molecule has 1 heterocycles. The van der Waals surface area contributed by atoms with Gasteiger partial charge in [-0.3, -0.25) is 4.57 Å². The molecular weight excluding hydrogens is 196 g/mol. The first-order valence-electron chi connectivity index (χ1n) is 4.66. The van der Waals surface area contributed by atoms with Crippen molar-refractivity contribution in [3.63, 3.8) is 0 Å². The molecule has 1 aromatic carbocycles. The van der Waals surface area contributed by atoms with E-state index >= 15 is 0 Å². The van der Waals surface area contributed by atoms with E-state index in [1.165, 1.54) is 16.8 Å². The number of hydrogen-bond acceptors (Lipinski definition) is 2. The number of fused-ring (bicyclic) bond motifs is 1. The number of carbonyl (C=O) groups excluding carboxylic acids is 1. The summed E-state index contributed by atoms with van der Waals surface area (Å²) in [5.41, 5.74) is 0.522. The Morgan fingerprint density at radius 1 is 1.47 bits per heavy atom. The maximum absolute atomic E-state index is 13.3. The van der Waals surface area contributed by atoms with E-state index in [9.17, 15) is 9.18 Å². The van der Waals surface area contributed by atoms with Crippen molar-refractivity contribution in [2.75, 3.05) is 6.61 Å². The first-order valence-corrected chi connectivity index (χ1v) is 4.66. The largest absolute Gasteiger partial charge is 0.449 e. The van der Waals surface area contributed by atoms with E-state index in [2.05, 4.69) is 0 Å². The maximum Gasteiger partial charge on any atom is 0.418 e. The second-order valence-electron chi connectivity index (χ2n) is 3.06. The first-order chi connectivity index (χ1) is 7.24. The Morgan fingerprint density at radius 3 is 3.00 bits per heavy atom. The molecule has 15 heavy (non-hydrogen) atoms. The van der Waals surface area contributed by atoms with Crippen molar-refractivity contribution in [1.29, 1.82) is 0 Å². The summed E-state index contributed by atoms with van der Waals surface area (Å²) in [5.74, 6) is -0.337. The summed E-state index contributed by atoms with van der Waals surface area (Å²) < 4.78 is 19.4. The minimum Gasteiger partial charge on any atom is -0.449 e. The summed E-state index contributed by atoms with van der Waals surface area (Å²) in [6, 6.07) is 6.15. The van der Waals surface area contributed by atoms with Gasteiger partial charge in [-0.1, -0.05) is 6.07 Å². The van der Waals surface area contributed by atoms with Gasteiger partial charge in [-0.05, 0) is 25.1 Å². The predicted octanol–water partition coefficient (Wildman–Crippen LogP) is 2.79. The molecule has 0 unspecified atom stereocenters. The normalized spacial score (nSPS) is 10.5. The van der Waals surface area contributed by atoms with Crippen LogP contribution >= 0.6 is 0 Å². The summed E-state index contributed by atoms with van der Waals surface area (Å²) >= 11 is 0. The van der Waals surface area contributed by atoms with Gasteiger partial charge in [0.05, 0.1) is 12.1 Å². The number of hydrogen-bond donors (Lipinski definition) is 0. The van der Waals surface area contributed by atoms with Gasteiger partial charge in [0.15, 0.2) is 0 Å². The highest BCUT2D eigenvalue weighted by Gasteiger charge is 2.10. The molecule has 0 atom stereocenters. The zero-order valence-electron chi connectivity index (χ0n) is 8.24. The second-order valence-corrected chi connectivity index (χ2v) is 3.06. The number of nitrogens with zero attached hydrogens (tertiary/aromatic N) is 1. The Kier molecular flexibility index (Phi) is 2.41. The maximum atomic E-state index is 13.3. The third-order valence-corrected chi connectivity index (χ3v) is 2.14. The standard InChI is InChI=1S/C11H10FNO2/c1-2-15-11(14)13-7-6-8-9(12)4-3-5-10(8)13/h3-7H,2H2,1H3/i12-1. The zero-order chi connectivity index (χ0) is 10.8. The molecule has 0 aliphatic carbocycles. The Hall–Kier alpha value is -1.84. The third kappa shape index (κ3) is 1.58. The molecule has 0 spiro atoms. The Balaban J connectivity index is 2.54. The number of halogens is 1. The fraction of sp³-hybridized carbons (Fsp3) is 0.182. The van der Waals surface area contributed by atoms with Crippen LogP contribution in [-0.2, 0) is 4.74 Å². The van der Waals surface area contributed by atoms with Gasteiger partial charge >= 0.3 is 6.09 Å². The molecule has 0 aliphatic rings. The molecular formula is C11H10FNO2. The first kappa shape index (κ1) is 9.71. The predicted molar refractivity (Wildman–Crippen MR) is 54.3 cm³/mol. The van der Waals surface area contributed by atoms with Crippen molar-refractivity contribution in [3.05, 3.63) is 36.3 Å². The van der Waals surface area contributed by atoms with E-state index in [-0.39, 0.29) is 5.82 Å². The van der Waals surface area contributed by atoms with E-state index in [4.69, 9.17) is 4.74 Å². The smallest absolute Gasteiger partial charge is 0.418 e. The molecule has 0 fully saturated rings. The van der Waals surface area contributed by atoms with E-state index in [1.807, 2.05) is 0 Å². The molecule has 2 aromatic rings. The number of benzene rings is 1. The molecule has 3 nitrogen and oxygen atoms in total. The molecule has 0 amide bonds. The lowest BCUT2D eigenvalue weighted by Crippen LogP contribution is -2.11. The number of rotatable bonds is 1. The van der Waals surface area contributed by atoms with Crippen LogP contribution in [0.15, 0.2) is 30.5 Å². The zero-order valence-corrected chi connectivity index (χ0v) is 8.24. The highest BCUT2D eigenvalue weighted by molar-refractivity contribution is 5.89. The van der Waals surface area contributed by atoms with E-state index < -0.39 is 6.09 Å². The van der Waals surface area contributed by atoms with Gasteiger partial charge in [0, 0.05) is 11.6 Å². The van der Waals surface area contributed by atoms with Gasteiger partial charge in [0.25, 0.3) is 0 Å². The van der Waals surface area contributed by atoms with Crippen LogP contribution in [0.4, 0.5) is 9.18 Å². The van der Waals surface area contributed by atoms with Crippen molar-refractivity contribution in [2.45, 2.75) is 6.92 Å². The topological polar surface area (TPSA) is 31.2 Å². The lowest BCUT2D eigenvalue weighted by Gasteiger charge is -2.03. The van der Waals surface area contributed by atoms with Crippen LogP contribution in [-0.4, -0.2) is 17.3 Å². The van der Waals surface area contributed by atoms with Gasteiger partial charge in [-0.2, -0.15) is 0 Å². The average molecular weight is 206 g/mol. The van der Waals surface area contributed by atoms with Gasteiger partial charge in [0.2, 0.25) is 0 Å². The lowest BCUT2D eigenvalue weighted by atomic mass is 10.2. The van der Waals surface area contributed by atoms with Crippen molar-refractivity contribution < 1.29 is 13.9 Å². The minimum absolute atomic E-state index is 0.299. The fourth-order valence-corrected chi connectivity index (χ4v) is 1.48. The molecule has 0 saturated heterocycles. The summed E-state index contributed by atoms with van der Waals surface area (Å²) in [6.45, 7) is 2.03. The van der Waals surface area contributed by atoms with E-state index in [0.29, 0.717) is 17.5 Å². The van der Waals surface area contributed by atoms with Gasteiger partial charge < -0.3 is 4.74 Å². The van der Waals surface area contributed by atoms with Gasteiger partial charge in [0.1, 0.15) is 5.82 Å². The van der Waals surface area contributed by atoms with E-state index in [0.717, 1.165) is 0 Å². The average Bonchev–Trinajstić information content (AvgIpc) is 2.63. The van der Waals surface area contributed by atoms with Crippen molar-refractivity contribution in [3.8, 4) is 0 Å². The molecule has 0 aliphatic heterocycles. The van der Waals surface area contributed by atoms with Gasteiger partial charge in [-0.15, -0.1) is 0 Å². The minimum atomic E-state index is -0.488. The Labute approximate surface area is 86.1 Å². The van der Waals surface area contributed by atoms with Crippen molar-refractivity contribution >= 4 is 17.0 Å². The Bertz CT molecular complexity index is 504. The summed E-state index contributed by atoms with van der Waals surface area (Å²) in [7, 11) is 0. The van der Waals surface area contributed by atoms with Crippen LogP contribution in [0.5, 0.6) is 0 Å². The molecule has 0 N–H and O–H groups in total. The number of aromatic nitrogens is 1.